The van der Waals surface area contributed by atoms with E-state index < -0.39 is 5.60 Å². The van der Waals surface area contributed by atoms with Crippen molar-refractivity contribution in [1.82, 2.24) is 4.98 Å². The molecule has 5 heteroatoms. The number of para-hydroxylation sites is 1. The van der Waals surface area contributed by atoms with Gasteiger partial charge in [-0.15, -0.1) is 11.3 Å². The summed E-state index contributed by atoms with van der Waals surface area (Å²) in [6, 6.07) is 7.81. The Morgan fingerprint density at radius 1 is 1.35 bits per heavy atom. The van der Waals surface area contributed by atoms with Gasteiger partial charge in [-0.2, -0.15) is 0 Å². The number of benzene rings is 1. The van der Waals surface area contributed by atoms with Crippen LogP contribution in [0.5, 0.6) is 0 Å². The van der Waals surface area contributed by atoms with Gasteiger partial charge in [0.15, 0.2) is 0 Å². The molecule has 0 fully saturated rings. The Hall–Kier alpha value is -1.88. The number of aromatic nitrogens is 1. The molecule has 0 bridgehead atoms. The SMILES string of the molecule is CC(C)(C)OC(=O)N1Cc2scnc2-c2ccccc21. The maximum absolute atomic E-state index is 12.4. The quantitative estimate of drug-likeness (QED) is 0.734. The fourth-order valence-corrected chi connectivity index (χ4v) is 2.98. The Morgan fingerprint density at radius 3 is 2.85 bits per heavy atom. The van der Waals surface area contributed by atoms with Crippen molar-refractivity contribution in [1.29, 1.82) is 0 Å². The van der Waals surface area contributed by atoms with Crippen molar-refractivity contribution >= 4 is 23.1 Å². The summed E-state index contributed by atoms with van der Waals surface area (Å²) in [5.74, 6) is 0. The highest BCUT2D eigenvalue weighted by Gasteiger charge is 2.30. The molecule has 1 aromatic heterocycles. The van der Waals surface area contributed by atoms with E-state index >= 15 is 0 Å². The average Bonchev–Trinajstić information content (AvgIpc) is 2.84. The summed E-state index contributed by atoms with van der Waals surface area (Å²) in [4.78, 5) is 19.6. The zero-order chi connectivity index (χ0) is 14.3. The minimum Gasteiger partial charge on any atom is -0.443 e. The highest BCUT2D eigenvalue weighted by molar-refractivity contribution is 7.10. The van der Waals surface area contributed by atoms with Crippen molar-refractivity contribution in [3.8, 4) is 11.3 Å². The van der Waals surface area contributed by atoms with Gasteiger partial charge in [0, 0.05) is 5.56 Å². The molecular weight excluding hydrogens is 272 g/mol. The van der Waals surface area contributed by atoms with Gasteiger partial charge < -0.3 is 4.74 Å². The Kier molecular flexibility index (Phi) is 3.01. The predicted molar refractivity (Wildman–Crippen MR) is 80.0 cm³/mol. The van der Waals surface area contributed by atoms with Crippen LogP contribution in [0.1, 0.15) is 25.6 Å². The van der Waals surface area contributed by atoms with Gasteiger partial charge in [0.2, 0.25) is 0 Å². The van der Waals surface area contributed by atoms with Crippen LogP contribution in [-0.2, 0) is 11.3 Å². The van der Waals surface area contributed by atoms with Crippen molar-refractivity contribution in [3.05, 3.63) is 34.7 Å². The Bertz CT molecular complexity index is 658. The lowest BCUT2D eigenvalue weighted by atomic mass is 10.0. The maximum atomic E-state index is 12.4. The summed E-state index contributed by atoms with van der Waals surface area (Å²) in [5.41, 5.74) is 4.14. The summed E-state index contributed by atoms with van der Waals surface area (Å²) in [6.45, 7) is 6.14. The number of hydrogen-bond donors (Lipinski definition) is 0. The van der Waals surface area contributed by atoms with Crippen molar-refractivity contribution in [2.24, 2.45) is 0 Å². The zero-order valence-electron chi connectivity index (χ0n) is 11.7. The van der Waals surface area contributed by atoms with Crippen molar-refractivity contribution in [2.45, 2.75) is 32.9 Å². The molecule has 3 rings (SSSR count). The Balaban J connectivity index is 2.01. The van der Waals surface area contributed by atoms with Gasteiger partial charge in [-0.05, 0) is 26.8 Å². The topological polar surface area (TPSA) is 42.4 Å². The minimum atomic E-state index is -0.500. The number of fused-ring (bicyclic) bond motifs is 3. The molecule has 2 aromatic rings. The number of amides is 1. The molecule has 1 aromatic carbocycles. The lowest BCUT2D eigenvalue weighted by Gasteiger charge is -2.31. The third kappa shape index (κ3) is 2.29. The van der Waals surface area contributed by atoms with E-state index in [1.807, 2.05) is 50.5 Å². The molecule has 0 saturated carbocycles. The van der Waals surface area contributed by atoms with Crippen molar-refractivity contribution in [3.63, 3.8) is 0 Å². The van der Waals surface area contributed by atoms with Crippen LogP contribution in [0.25, 0.3) is 11.3 Å². The van der Waals surface area contributed by atoms with Crippen LogP contribution in [0.2, 0.25) is 0 Å². The number of carbonyl (C=O) groups excluding carboxylic acids is 1. The number of nitrogens with zero attached hydrogens (tertiary/aromatic N) is 2. The first-order chi connectivity index (χ1) is 9.46. The molecule has 0 atom stereocenters. The minimum absolute atomic E-state index is 0.316. The molecule has 0 aliphatic carbocycles. The Morgan fingerprint density at radius 2 is 2.10 bits per heavy atom. The van der Waals surface area contributed by atoms with Crippen molar-refractivity contribution in [2.75, 3.05) is 4.90 Å². The molecule has 20 heavy (non-hydrogen) atoms. The van der Waals surface area contributed by atoms with Crippen LogP contribution in [-0.4, -0.2) is 16.7 Å². The smallest absolute Gasteiger partial charge is 0.415 e. The third-order valence-electron chi connectivity index (χ3n) is 3.01. The summed E-state index contributed by atoms with van der Waals surface area (Å²) in [7, 11) is 0. The highest BCUT2D eigenvalue weighted by Crippen LogP contribution is 2.40. The molecule has 0 radical (unpaired) electrons. The first-order valence-corrected chi connectivity index (χ1v) is 7.36. The second kappa shape index (κ2) is 4.59. The second-order valence-electron chi connectivity index (χ2n) is 5.71. The number of thiazole rings is 1. The lowest BCUT2D eigenvalue weighted by Crippen LogP contribution is -2.37. The normalized spacial score (nSPS) is 13.7. The lowest BCUT2D eigenvalue weighted by molar-refractivity contribution is 0.0577. The van der Waals surface area contributed by atoms with Gasteiger partial charge in [0.25, 0.3) is 0 Å². The van der Waals surface area contributed by atoms with Crippen LogP contribution in [0.4, 0.5) is 10.5 Å². The van der Waals surface area contributed by atoms with Crippen LogP contribution in [0.3, 0.4) is 0 Å². The monoisotopic (exact) mass is 288 g/mol. The largest absolute Gasteiger partial charge is 0.443 e. The molecule has 0 N–H and O–H groups in total. The van der Waals surface area contributed by atoms with Gasteiger partial charge in [0.05, 0.1) is 28.3 Å². The van der Waals surface area contributed by atoms with E-state index in [-0.39, 0.29) is 6.09 Å². The molecule has 1 amide bonds. The summed E-state index contributed by atoms with van der Waals surface area (Å²) in [5, 5.41) is 0. The summed E-state index contributed by atoms with van der Waals surface area (Å²) >= 11 is 1.57. The fourth-order valence-electron chi connectivity index (χ4n) is 2.22. The predicted octanol–water partition coefficient (Wildman–Crippen LogP) is 4.07. The number of carbonyl (C=O) groups is 1. The fraction of sp³-hybridized carbons (Fsp3) is 0.333. The number of rotatable bonds is 0. The third-order valence-corrected chi connectivity index (χ3v) is 3.82. The number of anilines is 1. The molecule has 0 spiro atoms. The highest BCUT2D eigenvalue weighted by atomic mass is 32.1. The van der Waals surface area contributed by atoms with Gasteiger partial charge in [-0.25, -0.2) is 9.78 Å². The molecule has 1 aliphatic heterocycles. The van der Waals surface area contributed by atoms with Crippen LogP contribution in [0.15, 0.2) is 29.8 Å². The second-order valence-corrected chi connectivity index (χ2v) is 6.65. The van der Waals surface area contributed by atoms with Gasteiger partial charge in [-0.3, -0.25) is 4.90 Å². The first-order valence-electron chi connectivity index (χ1n) is 6.48. The van der Waals surface area contributed by atoms with E-state index in [9.17, 15) is 4.79 Å². The summed E-state index contributed by atoms with van der Waals surface area (Å²) in [6.07, 6.45) is -0.316. The molecule has 4 nitrogen and oxygen atoms in total. The van der Waals surface area contributed by atoms with E-state index in [2.05, 4.69) is 4.98 Å². The molecule has 2 heterocycles. The molecule has 0 unspecified atom stereocenters. The van der Waals surface area contributed by atoms with E-state index in [0.717, 1.165) is 21.8 Å². The molecular formula is C15H16N2O2S. The number of hydrogen-bond acceptors (Lipinski definition) is 4. The molecule has 0 saturated heterocycles. The van der Waals surface area contributed by atoms with Gasteiger partial charge >= 0.3 is 6.09 Å². The molecule has 1 aliphatic rings. The average molecular weight is 288 g/mol. The first kappa shape index (κ1) is 13.1. The number of ether oxygens (including phenoxy) is 1. The zero-order valence-corrected chi connectivity index (χ0v) is 12.5. The van der Waals surface area contributed by atoms with Gasteiger partial charge in [0.1, 0.15) is 5.60 Å². The van der Waals surface area contributed by atoms with Crippen molar-refractivity contribution < 1.29 is 9.53 Å². The van der Waals surface area contributed by atoms with E-state index in [1.54, 1.807) is 16.2 Å². The maximum Gasteiger partial charge on any atom is 0.415 e. The van der Waals surface area contributed by atoms with Crippen LogP contribution >= 0.6 is 11.3 Å². The van der Waals surface area contributed by atoms with E-state index in [0.29, 0.717) is 6.54 Å². The van der Waals surface area contributed by atoms with E-state index in [1.165, 1.54) is 0 Å². The Labute approximate surface area is 122 Å². The standard InChI is InChI=1S/C15H16N2O2S/c1-15(2,3)19-14(18)17-8-12-13(16-9-20-12)10-6-4-5-7-11(10)17/h4-7,9H,8H2,1-3H3. The molecule has 104 valence electrons. The van der Waals surface area contributed by atoms with Crippen LogP contribution in [0, 0.1) is 0 Å². The van der Waals surface area contributed by atoms with Crippen LogP contribution < -0.4 is 4.90 Å². The van der Waals surface area contributed by atoms with E-state index in [4.69, 9.17) is 4.74 Å². The van der Waals surface area contributed by atoms with Gasteiger partial charge in [-0.1, -0.05) is 18.2 Å². The summed E-state index contributed by atoms with van der Waals surface area (Å²) < 4.78 is 5.50.